The molecule has 1 aromatic carbocycles. The van der Waals surface area contributed by atoms with Crippen LogP contribution in [0.15, 0.2) is 39.8 Å². The predicted octanol–water partition coefficient (Wildman–Crippen LogP) is 3.78. The highest BCUT2D eigenvalue weighted by Gasteiger charge is 2.32. The summed E-state index contributed by atoms with van der Waals surface area (Å²) in [5.74, 6) is 0.545. The number of aromatic nitrogens is 1. The van der Waals surface area contributed by atoms with E-state index >= 15 is 0 Å². The lowest BCUT2D eigenvalue weighted by Gasteiger charge is -2.13. The van der Waals surface area contributed by atoms with E-state index in [-0.39, 0.29) is 24.8 Å². The molecule has 1 aliphatic heterocycles. The van der Waals surface area contributed by atoms with Crippen molar-refractivity contribution in [1.29, 1.82) is 0 Å². The van der Waals surface area contributed by atoms with E-state index < -0.39 is 0 Å². The van der Waals surface area contributed by atoms with Gasteiger partial charge in [-0.2, -0.15) is 0 Å². The number of nitrogens with zero attached hydrogens (tertiary/aromatic N) is 2. The molecule has 6 nitrogen and oxygen atoms in total. The van der Waals surface area contributed by atoms with Crippen LogP contribution in [0.3, 0.4) is 0 Å². The smallest absolute Gasteiger partial charge is 0.266 e. The number of aryl methyl sites for hydroxylation is 2. The Labute approximate surface area is 167 Å². The third-order valence-corrected chi connectivity index (χ3v) is 5.40. The fourth-order valence-electron chi connectivity index (χ4n) is 2.54. The Kier molecular flexibility index (Phi) is 6.08. The van der Waals surface area contributed by atoms with Gasteiger partial charge in [-0.15, -0.1) is 0 Å². The van der Waals surface area contributed by atoms with Crippen LogP contribution in [-0.4, -0.2) is 32.7 Å². The number of hydrogen-bond donors (Lipinski definition) is 1. The summed E-state index contributed by atoms with van der Waals surface area (Å²) in [6.45, 7) is 4.06. The van der Waals surface area contributed by atoms with E-state index in [9.17, 15) is 9.59 Å². The van der Waals surface area contributed by atoms with Gasteiger partial charge in [0.05, 0.1) is 4.91 Å². The van der Waals surface area contributed by atoms with Crippen molar-refractivity contribution in [3.63, 3.8) is 0 Å². The third kappa shape index (κ3) is 4.84. The summed E-state index contributed by atoms with van der Waals surface area (Å²) in [6.07, 6.45) is 2.92. The van der Waals surface area contributed by atoms with Crippen molar-refractivity contribution in [3.8, 4) is 0 Å². The number of amides is 2. The summed E-state index contributed by atoms with van der Waals surface area (Å²) in [7, 11) is 0. The normalized spacial score (nSPS) is 15.6. The third-order valence-electron chi connectivity index (χ3n) is 4.02. The van der Waals surface area contributed by atoms with Crippen molar-refractivity contribution in [2.75, 3.05) is 11.9 Å². The number of hydrogen-bond acceptors (Lipinski definition) is 6. The van der Waals surface area contributed by atoms with Gasteiger partial charge in [0.2, 0.25) is 5.91 Å². The Morgan fingerprint density at radius 3 is 2.74 bits per heavy atom. The van der Waals surface area contributed by atoms with Crippen molar-refractivity contribution in [1.82, 2.24) is 10.1 Å². The second-order valence-corrected chi connectivity index (χ2v) is 7.73. The van der Waals surface area contributed by atoms with Gasteiger partial charge in [0.1, 0.15) is 10.1 Å². The summed E-state index contributed by atoms with van der Waals surface area (Å²) in [5, 5.41) is 6.34. The zero-order valence-corrected chi connectivity index (χ0v) is 16.7. The molecule has 1 N–H and O–H groups in total. The van der Waals surface area contributed by atoms with Gasteiger partial charge >= 0.3 is 0 Å². The number of rotatable bonds is 6. The molecule has 0 radical (unpaired) electrons. The summed E-state index contributed by atoms with van der Waals surface area (Å²) >= 11 is 6.56. The number of nitrogens with one attached hydrogen (secondary N) is 1. The van der Waals surface area contributed by atoms with Crippen LogP contribution in [-0.2, 0) is 16.0 Å². The van der Waals surface area contributed by atoms with E-state index in [1.54, 1.807) is 13.0 Å². The number of carbonyl (C=O) groups is 2. The van der Waals surface area contributed by atoms with Gasteiger partial charge in [0, 0.05) is 19.0 Å². The maximum absolute atomic E-state index is 12.6. The summed E-state index contributed by atoms with van der Waals surface area (Å²) in [5.41, 5.74) is 2.19. The Bertz CT molecular complexity index is 903. The average molecular weight is 402 g/mol. The standard InChI is InChI=1S/C19H19N3O3S2/c1-3-13-4-6-14(7-5-13)11-15-18(24)22(19(26)27-15)9-8-17(23)20-16-10-12(2)25-21-16/h4-7,10-11H,3,8-9H2,1-2H3,(H,20,21,23)/b15-11+. The van der Waals surface area contributed by atoms with Gasteiger partial charge < -0.3 is 9.84 Å². The largest absolute Gasteiger partial charge is 0.360 e. The molecule has 1 fully saturated rings. The fourth-order valence-corrected chi connectivity index (χ4v) is 3.85. The first-order chi connectivity index (χ1) is 13.0. The molecule has 0 atom stereocenters. The van der Waals surface area contributed by atoms with Crippen LogP contribution in [0, 0.1) is 6.92 Å². The number of benzene rings is 1. The number of thioether (sulfide) groups is 1. The van der Waals surface area contributed by atoms with Crippen LogP contribution in [0.1, 0.15) is 30.2 Å². The number of carbonyl (C=O) groups excluding carboxylic acids is 2. The van der Waals surface area contributed by atoms with Gasteiger partial charge in [0.25, 0.3) is 5.91 Å². The van der Waals surface area contributed by atoms with Crippen molar-refractivity contribution < 1.29 is 14.1 Å². The molecule has 140 valence electrons. The monoisotopic (exact) mass is 401 g/mol. The minimum Gasteiger partial charge on any atom is -0.360 e. The molecule has 8 heteroatoms. The van der Waals surface area contributed by atoms with E-state index in [1.807, 2.05) is 30.3 Å². The molecule has 0 saturated carbocycles. The Balaban J connectivity index is 1.60. The molecule has 1 aromatic heterocycles. The molecule has 2 amide bonds. The Hall–Kier alpha value is -2.45. The first kappa shape index (κ1) is 19.3. The van der Waals surface area contributed by atoms with Crippen molar-refractivity contribution in [2.45, 2.75) is 26.7 Å². The van der Waals surface area contributed by atoms with Crippen LogP contribution in [0.2, 0.25) is 0 Å². The lowest BCUT2D eigenvalue weighted by molar-refractivity contribution is -0.122. The fraction of sp³-hybridized carbons (Fsp3) is 0.263. The SMILES string of the molecule is CCc1ccc(/C=C2/SC(=S)N(CCC(=O)Nc3cc(C)on3)C2=O)cc1. The zero-order valence-electron chi connectivity index (χ0n) is 15.0. The minimum atomic E-state index is -0.253. The molecule has 27 heavy (non-hydrogen) atoms. The molecular weight excluding hydrogens is 382 g/mol. The van der Waals surface area contributed by atoms with Crippen LogP contribution in [0.4, 0.5) is 5.82 Å². The van der Waals surface area contributed by atoms with Gasteiger partial charge in [-0.3, -0.25) is 14.5 Å². The first-order valence-corrected chi connectivity index (χ1v) is 9.76. The quantitative estimate of drug-likeness (QED) is 0.587. The van der Waals surface area contributed by atoms with E-state index in [4.69, 9.17) is 16.7 Å². The van der Waals surface area contributed by atoms with Crippen molar-refractivity contribution in [3.05, 3.63) is 52.1 Å². The number of anilines is 1. The number of thiocarbonyl (C=S) groups is 1. The maximum atomic E-state index is 12.6. The van der Waals surface area contributed by atoms with Crippen LogP contribution in [0.25, 0.3) is 6.08 Å². The van der Waals surface area contributed by atoms with Crippen molar-refractivity contribution >= 4 is 52.0 Å². The van der Waals surface area contributed by atoms with Crippen LogP contribution in [0.5, 0.6) is 0 Å². The first-order valence-electron chi connectivity index (χ1n) is 8.53. The molecule has 3 rings (SSSR count). The molecule has 2 heterocycles. The highest BCUT2D eigenvalue weighted by Crippen LogP contribution is 2.32. The van der Waals surface area contributed by atoms with Crippen molar-refractivity contribution in [2.24, 2.45) is 0 Å². The lowest BCUT2D eigenvalue weighted by Crippen LogP contribution is -2.31. The Morgan fingerprint density at radius 2 is 2.11 bits per heavy atom. The molecule has 0 aliphatic carbocycles. The van der Waals surface area contributed by atoms with Gasteiger partial charge in [0.15, 0.2) is 5.82 Å². The molecule has 0 bridgehead atoms. The van der Waals surface area contributed by atoms with E-state index in [0.717, 1.165) is 12.0 Å². The zero-order chi connectivity index (χ0) is 19.4. The van der Waals surface area contributed by atoms with Gasteiger partial charge in [-0.05, 0) is 30.5 Å². The summed E-state index contributed by atoms with van der Waals surface area (Å²) < 4.78 is 5.36. The highest BCUT2D eigenvalue weighted by molar-refractivity contribution is 8.26. The molecule has 1 saturated heterocycles. The molecule has 0 spiro atoms. The summed E-state index contributed by atoms with van der Waals surface area (Å²) in [6, 6.07) is 9.69. The molecule has 0 unspecified atom stereocenters. The topological polar surface area (TPSA) is 75.4 Å². The average Bonchev–Trinajstić information content (AvgIpc) is 3.17. The van der Waals surface area contributed by atoms with Crippen LogP contribution < -0.4 is 5.32 Å². The highest BCUT2D eigenvalue weighted by atomic mass is 32.2. The summed E-state index contributed by atoms with van der Waals surface area (Å²) in [4.78, 5) is 26.7. The molecule has 2 aromatic rings. The van der Waals surface area contributed by atoms with Crippen LogP contribution >= 0.6 is 24.0 Å². The predicted molar refractivity (Wildman–Crippen MR) is 110 cm³/mol. The van der Waals surface area contributed by atoms with E-state index in [0.29, 0.717) is 20.8 Å². The van der Waals surface area contributed by atoms with E-state index in [1.165, 1.54) is 22.2 Å². The second kappa shape index (κ2) is 8.49. The molecular formula is C19H19N3O3S2. The molecule has 1 aliphatic rings. The minimum absolute atomic E-state index is 0.122. The van der Waals surface area contributed by atoms with E-state index in [2.05, 4.69) is 17.4 Å². The van der Waals surface area contributed by atoms with Gasteiger partial charge in [-0.1, -0.05) is 60.3 Å². The van der Waals surface area contributed by atoms with Gasteiger partial charge in [-0.25, -0.2) is 0 Å². The Morgan fingerprint density at radius 1 is 1.37 bits per heavy atom. The maximum Gasteiger partial charge on any atom is 0.266 e. The lowest BCUT2D eigenvalue weighted by atomic mass is 10.1. The second-order valence-electron chi connectivity index (χ2n) is 6.05.